The van der Waals surface area contributed by atoms with Gasteiger partial charge in [-0.1, -0.05) is 6.92 Å². The summed E-state index contributed by atoms with van der Waals surface area (Å²) < 4.78 is 15.0. The highest BCUT2D eigenvalue weighted by atomic mass is 19.1. The first-order valence-corrected chi connectivity index (χ1v) is 6.28. The highest BCUT2D eigenvalue weighted by Gasteiger charge is 2.11. The number of phenols is 2. The van der Waals surface area contributed by atoms with Gasteiger partial charge in [0.15, 0.2) is 11.6 Å². The Morgan fingerprint density at radius 2 is 1.95 bits per heavy atom. The Labute approximate surface area is 114 Å². The molecule has 0 amide bonds. The average Bonchev–Trinajstić information content (AvgIpc) is 2.86. The quantitative estimate of drug-likeness (QED) is 0.753. The van der Waals surface area contributed by atoms with Crippen molar-refractivity contribution >= 4 is 10.9 Å². The molecule has 2 N–H and O–H groups in total. The molecule has 20 heavy (non-hydrogen) atoms. The number of aryl methyl sites for hydroxylation is 1. The molecule has 0 fully saturated rings. The third-order valence-electron chi connectivity index (χ3n) is 3.31. The highest BCUT2D eigenvalue weighted by molar-refractivity contribution is 5.87. The van der Waals surface area contributed by atoms with Crippen molar-refractivity contribution in [1.82, 2.24) is 9.78 Å². The predicted octanol–water partition coefficient (Wildman–Crippen LogP) is 3.14. The van der Waals surface area contributed by atoms with Crippen LogP contribution in [-0.2, 0) is 6.42 Å². The van der Waals surface area contributed by atoms with Crippen LogP contribution in [0.1, 0.15) is 12.5 Å². The third-order valence-corrected chi connectivity index (χ3v) is 3.31. The summed E-state index contributed by atoms with van der Waals surface area (Å²) in [5, 5.41) is 24.0. The molecule has 3 aromatic rings. The number of hydrogen-bond donors (Lipinski definition) is 2. The van der Waals surface area contributed by atoms with E-state index in [1.165, 1.54) is 23.0 Å². The van der Waals surface area contributed by atoms with E-state index in [1.807, 2.05) is 13.0 Å². The Kier molecular flexibility index (Phi) is 2.82. The van der Waals surface area contributed by atoms with Crippen molar-refractivity contribution in [1.29, 1.82) is 0 Å². The van der Waals surface area contributed by atoms with Gasteiger partial charge in [0, 0.05) is 6.07 Å². The lowest BCUT2D eigenvalue weighted by molar-refractivity contribution is 0.432. The van der Waals surface area contributed by atoms with Gasteiger partial charge in [0.2, 0.25) is 0 Å². The van der Waals surface area contributed by atoms with Crippen LogP contribution in [0.25, 0.3) is 16.6 Å². The molecule has 1 heterocycles. The smallest absolute Gasteiger partial charge is 0.166 e. The zero-order valence-corrected chi connectivity index (χ0v) is 10.8. The molecule has 3 rings (SSSR count). The molecule has 1 aromatic heterocycles. The maximum absolute atomic E-state index is 13.5. The number of aromatic hydroxyl groups is 2. The summed E-state index contributed by atoms with van der Waals surface area (Å²) in [7, 11) is 0. The van der Waals surface area contributed by atoms with Gasteiger partial charge in [-0.2, -0.15) is 5.10 Å². The SMILES string of the molecule is CCc1cc(O)c2cnn(-c3ccc(O)c(F)c3)c2c1. The molecule has 2 aromatic carbocycles. The summed E-state index contributed by atoms with van der Waals surface area (Å²) in [5.41, 5.74) is 2.16. The number of hydrogen-bond acceptors (Lipinski definition) is 3. The van der Waals surface area contributed by atoms with Gasteiger partial charge in [0.1, 0.15) is 5.75 Å². The van der Waals surface area contributed by atoms with Gasteiger partial charge in [-0.3, -0.25) is 0 Å². The first kappa shape index (κ1) is 12.5. The minimum Gasteiger partial charge on any atom is -0.507 e. The highest BCUT2D eigenvalue weighted by Crippen LogP contribution is 2.29. The Balaban J connectivity index is 2.25. The topological polar surface area (TPSA) is 58.3 Å². The molecular weight excluding hydrogens is 259 g/mol. The maximum atomic E-state index is 13.5. The second-order valence-corrected chi connectivity index (χ2v) is 4.59. The summed E-state index contributed by atoms with van der Waals surface area (Å²) in [5.74, 6) is -0.950. The fraction of sp³-hybridized carbons (Fsp3) is 0.133. The van der Waals surface area contributed by atoms with E-state index in [9.17, 15) is 14.6 Å². The molecule has 0 unspecified atom stereocenters. The van der Waals surface area contributed by atoms with Gasteiger partial charge in [-0.15, -0.1) is 0 Å². The zero-order valence-electron chi connectivity index (χ0n) is 10.8. The lowest BCUT2D eigenvalue weighted by Crippen LogP contribution is -1.97. The largest absolute Gasteiger partial charge is 0.507 e. The molecular formula is C15H13FN2O2. The van der Waals surface area contributed by atoms with E-state index in [0.29, 0.717) is 16.6 Å². The molecule has 0 bridgehead atoms. The molecule has 0 saturated carbocycles. The molecule has 5 heteroatoms. The number of aromatic nitrogens is 2. The number of nitrogens with zero attached hydrogens (tertiary/aromatic N) is 2. The summed E-state index contributed by atoms with van der Waals surface area (Å²) in [6, 6.07) is 7.66. The molecule has 0 spiro atoms. The van der Waals surface area contributed by atoms with E-state index in [1.54, 1.807) is 12.1 Å². The van der Waals surface area contributed by atoms with Crippen LogP contribution in [-0.4, -0.2) is 20.0 Å². The van der Waals surface area contributed by atoms with Crippen LogP contribution in [0.5, 0.6) is 11.5 Å². The van der Waals surface area contributed by atoms with Gasteiger partial charge in [0.25, 0.3) is 0 Å². The molecule has 4 nitrogen and oxygen atoms in total. The van der Waals surface area contributed by atoms with Crippen LogP contribution in [0.3, 0.4) is 0 Å². The molecule has 102 valence electrons. The van der Waals surface area contributed by atoms with Crippen molar-refractivity contribution in [3.63, 3.8) is 0 Å². The van der Waals surface area contributed by atoms with Crippen LogP contribution in [0, 0.1) is 5.82 Å². The minimum atomic E-state index is -0.706. The van der Waals surface area contributed by atoms with E-state index < -0.39 is 11.6 Å². The first-order valence-electron chi connectivity index (χ1n) is 6.28. The van der Waals surface area contributed by atoms with E-state index in [2.05, 4.69) is 5.10 Å². The maximum Gasteiger partial charge on any atom is 0.166 e. The number of rotatable bonds is 2. The van der Waals surface area contributed by atoms with Gasteiger partial charge in [-0.25, -0.2) is 9.07 Å². The van der Waals surface area contributed by atoms with Crippen LogP contribution < -0.4 is 0 Å². The molecule has 0 atom stereocenters. The summed E-state index contributed by atoms with van der Waals surface area (Å²) in [6.45, 7) is 1.99. The Morgan fingerprint density at radius 3 is 2.65 bits per heavy atom. The second-order valence-electron chi connectivity index (χ2n) is 4.59. The Hall–Kier alpha value is -2.56. The molecule has 0 aliphatic rings. The van der Waals surface area contributed by atoms with Gasteiger partial charge < -0.3 is 10.2 Å². The van der Waals surface area contributed by atoms with Crippen molar-refractivity contribution in [2.75, 3.05) is 0 Å². The minimum absolute atomic E-state index is 0.157. The van der Waals surface area contributed by atoms with Gasteiger partial charge in [-0.05, 0) is 36.2 Å². The number of fused-ring (bicyclic) bond motifs is 1. The number of halogens is 1. The summed E-state index contributed by atoms with van der Waals surface area (Å²) >= 11 is 0. The van der Waals surface area contributed by atoms with E-state index >= 15 is 0 Å². The summed E-state index contributed by atoms with van der Waals surface area (Å²) in [6.07, 6.45) is 2.31. The lowest BCUT2D eigenvalue weighted by Gasteiger charge is -2.06. The Bertz CT molecular complexity index is 796. The number of benzene rings is 2. The lowest BCUT2D eigenvalue weighted by atomic mass is 10.1. The molecule has 0 aliphatic carbocycles. The van der Waals surface area contributed by atoms with Crippen molar-refractivity contribution in [2.24, 2.45) is 0 Å². The van der Waals surface area contributed by atoms with Crippen molar-refractivity contribution in [2.45, 2.75) is 13.3 Å². The number of phenolic OH excluding ortho intramolecular Hbond substituents is 2. The molecule has 0 aliphatic heterocycles. The van der Waals surface area contributed by atoms with Gasteiger partial charge >= 0.3 is 0 Å². The predicted molar refractivity (Wildman–Crippen MR) is 73.7 cm³/mol. The van der Waals surface area contributed by atoms with Crippen LogP contribution in [0.2, 0.25) is 0 Å². The van der Waals surface area contributed by atoms with Crippen LogP contribution in [0.4, 0.5) is 4.39 Å². The average molecular weight is 272 g/mol. The van der Waals surface area contributed by atoms with E-state index in [-0.39, 0.29) is 5.75 Å². The Morgan fingerprint density at radius 1 is 1.15 bits per heavy atom. The van der Waals surface area contributed by atoms with Crippen molar-refractivity contribution in [3.8, 4) is 17.2 Å². The normalized spacial score (nSPS) is 11.1. The van der Waals surface area contributed by atoms with Crippen molar-refractivity contribution in [3.05, 3.63) is 47.9 Å². The van der Waals surface area contributed by atoms with Crippen LogP contribution in [0.15, 0.2) is 36.5 Å². The van der Waals surface area contributed by atoms with Crippen LogP contribution >= 0.6 is 0 Å². The van der Waals surface area contributed by atoms with E-state index in [0.717, 1.165) is 12.0 Å². The fourth-order valence-corrected chi connectivity index (χ4v) is 2.20. The fourth-order valence-electron chi connectivity index (χ4n) is 2.20. The van der Waals surface area contributed by atoms with Gasteiger partial charge in [0.05, 0.1) is 22.8 Å². The van der Waals surface area contributed by atoms with E-state index in [4.69, 9.17) is 0 Å². The monoisotopic (exact) mass is 272 g/mol. The van der Waals surface area contributed by atoms with Crippen molar-refractivity contribution < 1.29 is 14.6 Å². The summed E-state index contributed by atoms with van der Waals surface area (Å²) in [4.78, 5) is 0. The first-order chi connectivity index (χ1) is 9.60. The third kappa shape index (κ3) is 1.87. The molecule has 0 radical (unpaired) electrons. The standard InChI is InChI=1S/C15H13FN2O2/c1-2-9-5-13-11(15(20)6-9)8-17-18(13)10-3-4-14(19)12(16)7-10/h3-8,19-20H,2H2,1H3. The molecule has 0 saturated heterocycles. The second kappa shape index (κ2) is 4.52. The zero-order chi connectivity index (χ0) is 14.3.